The molecule has 2 rings (SSSR count). The lowest BCUT2D eigenvalue weighted by atomic mass is 10.0. The highest BCUT2D eigenvalue weighted by Crippen LogP contribution is 2.31. The maximum absolute atomic E-state index is 5.25. The normalized spacial score (nSPS) is 34.7. The second-order valence-electron chi connectivity index (χ2n) is 2.83. The summed E-state index contributed by atoms with van der Waals surface area (Å²) < 4.78 is 5.25. The van der Waals surface area contributed by atoms with Crippen LogP contribution in [0.15, 0.2) is 36.0 Å². The molecule has 2 aliphatic rings. The molecular formula is C9H10O. The molecule has 2 atom stereocenters. The Balaban J connectivity index is 2.23. The molecule has 0 aromatic rings. The van der Waals surface area contributed by atoms with E-state index in [1.165, 1.54) is 5.57 Å². The molecule has 0 spiro atoms. The van der Waals surface area contributed by atoms with Gasteiger partial charge in [0.15, 0.2) is 0 Å². The van der Waals surface area contributed by atoms with E-state index < -0.39 is 0 Å². The van der Waals surface area contributed by atoms with Gasteiger partial charge in [0.2, 0.25) is 0 Å². The van der Waals surface area contributed by atoms with E-state index in [1.54, 1.807) is 0 Å². The number of ether oxygens (including phenoxy) is 1. The number of allylic oxidation sites excluding steroid dienone is 3. The van der Waals surface area contributed by atoms with Gasteiger partial charge in [0.1, 0.15) is 12.2 Å². The maximum atomic E-state index is 5.25. The van der Waals surface area contributed by atoms with Crippen molar-refractivity contribution in [2.45, 2.75) is 19.1 Å². The van der Waals surface area contributed by atoms with E-state index in [9.17, 15) is 0 Å². The van der Waals surface area contributed by atoms with Crippen molar-refractivity contribution in [3.8, 4) is 0 Å². The Morgan fingerprint density at radius 3 is 3.00 bits per heavy atom. The highest BCUT2D eigenvalue weighted by molar-refractivity contribution is 5.43. The Labute approximate surface area is 60.7 Å². The van der Waals surface area contributed by atoms with Gasteiger partial charge in [0.25, 0.3) is 0 Å². The van der Waals surface area contributed by atoms with Crippen LogP contribution >= 0.6 is 0 Å². The van der Waals surface area contributed by atoms with E-state index in [1.807, 2.05) is 6.92 Å². The molecule has 0 radical (unpaired) electrons. The molecule has 2 unspecified atom stereocenters. The third kappa shape index (κ3) is 0.830. The van der Waals surface area contributed by atoms with E-state index in [0.717, 1.165) is 5.57 Å². The maximum Gasteiger partial charge on any atom is 0.107 e. The first-order valence-corrected chi connectivity index (χ1v) is 3.49. The van der Waals surface area contributed by atoms with Gasteiger partial charge in [-0.3, -0.25) is 0 Å². The fourth-order valence-electron chi connectivity index (χ4n) is 1.14. The van der Waals surface area contributed by atoms with Crippen LogP contribution in [0.5, 0.6) is 0 Å². The summed E-state index contributed by atoms with van der Waals surface area (Å²) in [5, 5.41) is 0. The minimum atomic E-state index is 0.358. The monoisotopic (exact) mass is 134 g/mol. The first-order chi connectivity index (χ1) is 4.77. The lowest BCUT2D eigenvalue weighted by Gasteiger charge is -2.01. The van der Waals surface area contributed by atoms with Crippen LogP contribution in [-0.2, 0) is 4.74 Å². The van der Waals surface area contributed by atoms with Crippen LogP contribution in [0.25, 0.3) is 0 Å². The van der Waals surface area contributed by atoms with E-state index >= 15 is 0 Å². The van der Waals surface area contributed by atoms with Crippen LogP contribution in [0.2, 0.25) is 0 Å². The molecule has 1 aliphatic heterocycles. The molecule has 0 saturated carbocycles. The van der Waals surface area contributed by atoms with Crippen molar-refractivity contribution in [1.82, 2.24) is 0 Å². The van der Waals surface area contributed by atoms with Crippen molar-refractivity contribution >= 4 is 0 Å². The zero-order valence-corrected chi connectivity index (χ0v) is 6.00. The predicted octanol–water partition coefficient (Wildman–Crippen LogP) is 1.83. The Morgan fingerprint density at radius 2 is 2.40 bits per heavy atom. The van der Waals surface area contributed by atoms with Crippen molar-refractivity contribution < 1.29 is 4.74 Å². The molecule has 1 heteroatoms. The quantitative estimate of drug-likeness (QED) is 0.498. The van der Waals surface area contributed by atoms with Crippen LogP contribution in [0, 0.1) is 0 Å². The molecule has 0 aromatic carbocycles. The fraction of sp³-hybridized carbons (Fsp3) is 0.333. The van der Waals surface area contributed by atoms with Gasteiger partial charge in [-0.15, -0.1) is 0 Å². The Hall–Kier alpha value is -0.820. The van der Waals surface area contributed by atoms with Gasteiger partial charge < -0.3 is 4.74 Å². The van der Waals surface area contributed by atoms with Crippen molar-refractivity contribution in [2.24, 2.45) is 0 Å². The van der Waals surface area contributed by atoms with Gasteiger partial charge in [0, 0.05) is 0 Å². The van der Waals surface area contributed by atoms with Crippen molar-refractivity contribution in [3.05, 3.63) is 36.0 Å². The summed E-state index contributed by atoms with van der Waals surface area (Å²) in [6.45, 7) is 5.87. The molecule has 1 nitrogen and oxygen atoms in total. The van der Waals surface area contributed by atoms with E-state index in [-0.39, 0.29) is 0 Å². The molecule has 0 bridgehead atoms. The number of fused-ring (bicyclic) bond motifs is 1. The molecule has 1 saturated heterocycles. The highest BCUT2D eigenvalue weighted by Gasteiger charge is 2.36. The van der Waals surface area contributed by atoms with Crippen LogP contribution in [-0.4, -0.2) is 12.2 Å². The van der Waals surface area contributed by atoms with Crippen LogP contribution in [0.1, 0.15) is 6.92 Å². The highest BCUT2D eigenvalue weighted by atomic mass is 16.6. The van der Waals surface area contributed by atoms with E-state index in [4.69, 9.17) is 4.74 Å². The van der Waals surface area contributed by atoms with E-state index in [2.05, 4.69) is 24.8 Å². The summed E-state index contributed by atoms with van der Waals surface area (Å²) >= 11 is 0. The molecule has 1 fully saturated rings. The van der Waals surface area contributed by atoms with Crippen LogP contribution < -0.4 is 0 Å². The number of rotatable bonds is 1. The summed E-state index contributed by atoms with van der Waals surface area (Å²) in [5.41, 5.74) is 2.34. The average molecular weight is 134 g/mol. The predicted molar refractivity (Wildman–Crippen MR) is 40.7 cm³/mol. The third-order valence-electron chi connectivity index (χ3n) is 1.86. The Bertz CT molecular complexity index is 235. The lowest BCUT2D eigenvalue weighted by Crippen LogP contribution is -1.94. The van der Waals surface area contributed by atoms with Crippen LogP contribution in [0.3, 0.4) is 0 Å². The summed E-state index contributed by atoms with van der Waals surface area (Å²) in [6, 6.07) is 0. The Morgan fingerprint density at radius 1 is 1.60 bits per heavy atom. The van der Waals surface area contributed by atoms with Gasteiger partial charge in [-0.05, 0) is 18.6 Å². The van der Waals surface area contributed by atoms with Crippen LogP contribution in [0.4, 0.5) is 0 Å². The van der Waals surface area contributed by atoms with E-state index in [0.29, 0.717) is 12.2 Å². The fourth-order valence-corrected chi connectivity index (χ4v) is 1.14. The molecular weight excluding hydrogens is 124 g/mol. The second-order valence-corrected chi connectivity index (χ2v) is 2.83. The lowest BCUT2D eigenvalue weighted by molar-refractivity contribution is 0.414. The number of epoxide rings is 1. The van der Waals surface area contributed by atoms with Gasteiger partial charge in [-0.2, -0.15) is 0 Å². The summed E-state index contributed by atoms with van der Waals surface area (Å²) in [5.74, 6) is 0. The summed E-state index contributed by atoms with van der Waals surface area (Å²) in [4.78, 5) is 0. The van der Waals surface area contributed by atoms with Crippen molar-refractivity contribution in [3.63, 3.8) is 0 Å². The third-order valence-corrected chi connectivity index (χ3v) is 1.86. The topological polar surface area (TPSA) is 12.5 Å². The smallest absolute Gasteiger partial charge is 0.107 e. The number of hydrogen-bond donors (Lipinski definition) is 0. The molecule has 52 valence electrons. The second kappa shape index (κ2) is 1.83. The first-order valence-electron chi connectivity index (χ1n) is 3.49. The summed E-state index contributed by atoms with van der Waals surface area (Å²) in [6.07, 6.45) is 7.04. The summed E-state index contributed by atoms with van der Waals surface area (Å²) in [7, 11) is 0. The molecule has 1 aliphatic carbocycles. The standard InChI is InChI=1S/C9H10O/c1-6(2)7-3-4-8-9(5-7)10-8/h3-5,8-9H,1H2,2H3. The zero-order valence-electron chi connectivity index (χ0n) is 6.00. The molecule has 0 aromatic heterocycles. The van der Waals surface area contributed by atoms with Gasteiger partial charge in [-0.1, -0.05) is 24.3 Å². The minimum absolute atomic E-state index is 0.358. The van der Waals surface area contributed by atoms with Gasteiger partial charge in [-0.25, -0.2) is 0 Å². The minimum Gasteiger partial charge on any atom is -0.361 e. The van der Waals surface area contributed by atoms with Gasteiger partial charge >= 0.3 is 0 Å². The number of hydrogen-bond acceptors (Lipinski definition) is 1. The SMILES string of the molecule is C=C(C)C1=CC2OC2C=C1. The molecule has 0 amide bonds. The molecule has 0 N–H and O–H groups in total. The largest absolute Gasteiger partial charge is 0.361 e. The zero-order chi connectivity index (χ0) is 7.14. The molecule has 1 heterocycles. The first kappa shape index (κ1) is 5.93. The van der Waals surface area contributed by atoms with Crippen molar-refractivity contribution in [1.29, 1.82) is 0 Å². The molecule has 10 heavy (non-hydrogen) atoms. The Kier molecular flexibility index (Phi) is 1.08. The van der Waals surface area contributed by atoms with Crippen molar-refractivity contribution in [2.75, 3.05) is 0 Å². The average Bonchev–Trinajstić information content (AvgIpc) is 2.63. The van der Waals surface area contributed by atoms with Gasteiger partial charge in [0.05, 0.1) is 0 Å².